The molecule has 2 fully saturated rings. The Kier molecular flexibility index (Phi) is 9.49. The summed E-state index contributed by atoms with van der Waals surface area (Å²) in [4.78, 5) is 28.2. The first-order valence-corrected chi connectivity index (χ1v) is 18.8. The van der Waals surface area contributed by atoms with Crippen molar-refractivity contribution in [1.29, 1.82) is 0 Å². The van der Waals surface area contributed by atoms with Gasteiger partial charge in [0.15, 0.2) is 23.8 Å². The van der Waals surface area contributed by atoms with Crippen LogP contribution in [0.3, 0.4) is 0 Å². The smallest absolute Gasteiger partial charge is 0.453 e. The summed E-state index contributed by atoms with van der Waals surface area (Å²) in [6, 6.07) is 8.37. The van der Waals surface area contributed by atoms with Gasteiger partial charge in [-0.15, -0.1) is 11.3 Å². The van der Waals surface area contributed by atoms with Crippen molar-refractivity contribution in [3.05, 3.63) is 104 Å². The number of rotatable bonds is 10. The van der Waals surface area contributed by atoms with Crippen molar-refractivity contribution < 1.29 is 35.6 Å². The van der Waals surface area contributed by atoms with Gasteiger partial charge < -0.3 is 13.6 Å². The summed E-state index contributed by atoms with van der Waals surface area (Å²) in [6.07, 6.45) is 6.89. The Morgan fingerprint density at radius 2 is 1.88 bits per heavy atom. The maximum atomic E-state index is 15.1. The number of benzene rings is 2. The van der Waals surface area contributed by atoms with Gasteiger partial charge in [-0.1, -0.05) is 30.7 Å². The van der Waals surface area contributed by atoms with Crippen molar-refractivity contribution in [3.63, 3.8) is 0 Å². The fraction of sp³-hybridized carbons (Fsp3) is 0.333. The number of carbonyl (C=O) groups is 1. The van der Waals surface area contributed by atoms with E-state index in [1.165, 1.54) is 24.4 Å². The van der Waals surface area contributed by atoms with Crippen LogP contribution in [0.5, 0.6) is 0 Å². The van der Waals surface area contributed by atoms with Crippen LogP contribution in [0.4, 0.5) is 8.78 Å². The van der Waals surface area contributed by atoms with Crippen LogP contribution in [0.25, 0.3) is 16.4 Å². The molecule has 264 valence electrons. The zero-order valence-electron chi connectivity index (χ0n) is 27.4. The van der Waals surface area contributed by atoms with E-state index in [9.17, 15) is 18.0 Å². The molecule has 0 saturated heterocycles. The SMILES string of the molecule is Cc1oc(=O)oc1COC(=O)c1csc(-n2nc(-c3ccc(F)c(C#CC4CCCC4)c3)c(Cc3ccc(S(N)(=O)=O)c(F)c3)c2CC2CC2)n1. The summed E-state index contributed by atoms with van der Waals surface area (Å²) < 4.78 is 70.6. The highest BCUT2D eigenvalue weighted by molar-refractivity contribution is 7.89. The molecule has 7 rings (SSSR count). The van der Waals surface area contributed by atoms with Crippen molar-refractivity contribution in [2.75, 3.05) is 0 Å². The average molecular weight is 735 g/mol. The van der Waals surface area contributed by atoms with Gasteiger partial charge in [-0.3, -0.25) is 0 Å². The standard InChI is InChI=1S/C36H32F2N4O7S2/c1-20-31(49-36(44)48-20)18-47-34(43)29-19-50-35(40-29)42-30(16-22-6-7-22)26(14-23-9-13-32(28(38)15-23)51(39,45)46)33(41-42)25-11-12-27(37)24(17-25)10-8-21-4-2-3-5-21/h9,11-13,15,17,19,21-22H,2-7,14,16,18H2,1H3,(H2,39,45,46). The lowest BCUT2D eigenvalue weighted by atomic mass is 9.96. The molecule has 3 aromatic heterocycles. The number of hydrogen-bond donors (Lipinski definition) is 1. The lowest BCUT2D eigenvalue weighted by Gasteiger charge is -2.10. The minimum absolute atomic E-state index is 0.00127. The summed E-state index contributed by atoms with van der Waals surface area (Å²) in [5, 5.41) is 12.0. The minimum Gasteiger partial charge on any atom is -0.453 e. The second kappa shape index (κ2) is 14.0. The monoisotopic (exact) mass is 734 g/mol. The van der Waals surface area contributed by atoms with Crippen molar-refractivity contribution in [1.82, 2.24) is 14.8 Å². The molecular weight excluding hydrogens is 703 g/mol. The van der Waals surface area contributed by atoms with E-state index in [0.29, 0.717) is 39.9 Å². The lowest BCUT2D eigenvalue weighted by Crippen LogP contribution is -2.14. The number of aryl methyl sites for hydroxylation is 1. The summed E-state index contributed by atoms with van der Waals surface area (Å²) in [5.41, 5.74) is 3.22. The Morgan fingerprint density at radius 1 is 1.10 bits per heavy atom. The van der Waals surface area contributed by atoms with Gasteiger partial charge in [0.25, 0.3) is 0 Å². The van der Waals surface area contributed by atoms with Gasteiger partial charge in [0, 0.05) is 28.8 Å². The van der Waals surface area contributed by atoms with Crippen LogP contribution in [-0.4, -0.2) is 29.2 Å². The molecule has 2 aromatic carbocycles. The Hall–Kier alpha value is -4.91. The third kappa shape index (κ3) is 7.73. The van der Waals surface area contributed by atoms with Gasteiger partial charge >= 0.3 is 11.8 Å². The second-order valence-corrected chi connectivity index (χ2v) is 15.2. The third-order valence-electron chi connectivity index (χ3n) is 9.01. The predicted molar refractivity (Wildman–Crippen MR) is 182 cm³/mol. The van der Waals surface area contributed by atoms with Gasteiger partial charge in [-0.05, 0) is 80.8 Å². The van der Waals surface area contributed by atoms with Crippen molar-refractivity contribution in [3.8, 4) is 28.2 Å². The van der Waals surface area contributed by atoms with Crippen LogP contribution in [0.15, 0.2) is 60.3 Å². The number of nitrogens with two attached hydrogens (primary N) is 1. The van der Waals surface area contributed by atoms with Crippen LogP contribution < -0.4 is 11.0 Å². The zero-order chi connectivity index (χ0) is 35.9. The average Bonchev–Trinajstić information content (AvgIpc) is 3.43. The van der Waals surface area contributed by atoms with Gasteiger partial charge in [0.1, 0.15) is 16.5 Å². The molecule has 2 saturated carbocycles. The summed E-state index contributed by atoms with van der Waals surface area (Å²) in [5.74, 6) is 3.99. The van der Waals surface area contributed by atoms with Gasteiger partial charge in [0.05, 0.1) is 17.0 Å². The topological polar surface area (TPSA) is 161 Å². The highest BCUT2D eigenvalue weighted by Crippen LogP contribution is 2.38. The molecule has 0 amide bonds. The van der Waals surface area contributed by atoms with Crippen molar-refractivity contribution in [2.45, 2.75) is 69.8 Å². The number of aromatic nitrogens is 3. The van der Waals surface area contributed by atoms with E-state index in [-0.39, 0.29) is 41.7 Å². The minimum atomic E-state index is -4.28. The van der Waals surface area contributed by atoms with Crippen LogP contribution in [0, 0.1) is 42.2 Å². The molecule has 51 heavy (non-hydrogen) atoms. The summed E-state index contributed by atoms with van der Waals surface area (Å²) in [6.45, 7) is 1.18. The van der Waals surface area contributed by atoms with Crippen LogP contribution >= 0.6 is 11.3 Å². The molecule has 0 radical (unpaired) electrons. The summed E-state index contributed by atoms with van der Waals surface area (Å²) >= 11 is 1.15. The quantitative estimate of drug-likeness (QED) is 0.130. The number of thiazole rings is 1. The van der Waals surface area contributed by atoms with E-state index < -0.39 is 38.3 Å². The molecule has 0 spiro atoms. The molecule has 0 atom stereocenters. The van der Waals surface area contributed by atoms with E-state index in [2.05, 4.69) is 16.8 Å². The van der Waals surface area contributed by atoms with Crippen LogP contribution in [0.2, 0.25) is 0 Å². The highest BCUT2D eigenvalue weighted by Gasteiger charge is 2.30. The second-order valence-electron chi connectivity index (χ2n) is 12.8. The first-order chi connectivity index (χ1) is 24.4. The number of carbonyl (C=O) groups excluding carboxylic acids is 1. The molecule has 0 bridgehead atoms. The molecule has 11 nitrogen and oxygen atoms in total. The molecule has 3 heterocycles. The predicted octanol–water partition coefficient (Wildman–Crippen LogP) is 6.22. The molecule has 2 aliphatic rings. The normalized spacial score (nSPS) is 14.8. The Bertz CT molecular complexity index is 2370. The number of halogens is 2. The Morgan fingerprint density at radius 3 is 2.57 bits per heavy atom. The van der Waals surface area contributed by atoms with E-state index in [1.54, 1.807) is 16.8 Å². The number of sulfonamides is 1. The van der Waals surface area contributed by atoms with Crippen molar-refractivity contribution in [2.24, 2.45) is 17.0 Å². The van der Waals surface area contributed by atoms with E-state index in [0.717, 1.165) is 67.7 Å². The Balaban J connectivity index is 1.30. The fourth-order valence-corrected chi connectivity index (χ4v) is 7.50. The van der Waals surface area contributed by atoms with Crippen molar-refractivity contribution >= 4 is 27.3 Å². The van der Waals surface area contributed by atoms with E-state index >= 15 is 8.78 Å². The highest BCUT2D eigenvalue weighted by atomic mass is 32.2. The third-order valence-corrected chi connectivity index (χ3v) is 10.8. The maximum Gasteiger partial charge on any atom is 0.519 e. The fourth-order valence-electron chi connectivity index (χ4n) is 6.14. The van der Waals surface area contributed by atoms with Gasteiger partial charge in [-0.2, -0.15) is 5.10 Å². The first-order valence-electron chi connectivity index (χ1n) is 16.4. The Labute approximate surface area is 295 Å². The van der Waals surface area contributed by atoms with Gasteiger partial charge in [-0.25, -0.2) is 41.6 Å². The molecule has 0 aliphatic heterocycles. The number of nitrogens with zero attached hydrogens (tertiary/aromatic N) is 3. The van der Waals surface area contributed by atoms with E-state index in [4.69, 9.17) is 23.8 Å². The molecule has 5 aromatic rings. The first kappa shape index (κ1) is 34.5. The van der Waals surface area contributed by atoms with Gasteiger partial charge in [0.2, 0.25) is 15.2 Å². The molecular formula is C36H32F2N4O7S2. The maximum absolute atomic E-state index is 15.1. The number of hydrogen-bond acceptors (Lipinski definition) is 10. The van der Waals surface area contributed by atoms with E-state index in [1.807, 2.05) is 0 Å². The lowest BCUT2D eigenvalue weighted by molar-refractivity contribution is 0.0437. The number of primary sulfonamides is 1. The molecule has 15 heteroatoms. The number of esters is 1. The largest absolute Gasteiger partial charge is 0.519 e. The van der Waals surface area contributed by atoms with Crippen LogP contribution in [0.1, 0.15) is 82.9 Å². The molecule has 2 aliphatic carbocycles. The number of ether oxygens (including phenoxy) is 1. The molecule has 2 N–H and O–H groups in total. The summed E-state index contributed by atoms with van der Waals surface area (Å²) in [7, 11) is -4.28. The van der Waals surface area contributed by atoms with Crippen LogP contribution in [-0.2, 0) is 34.2 Å². The zero-order valence-corrected chi connectivity index (χ0v) is 29.0. The molecule has 0 unspecified atom stereocenters.